The number of hydrogen-bond donors (Lipinski definition) is 1. The van der Waals surface area contributed by atoms with Crippen LogP contribution in [0.2, 0.25) is 5.02 Å². The lowest BCUT2D eigenvalue weighted by Gasteiger charge is -2.27. The molecule has 0 bridgehead atoms. The van der Waals surface area contributed by atoms with E-state index in [1.54, 1.807) is 0 Å². The van der Waals surface area contributed by atoms with Crippen LogP contribution in [-0.2, 0) is 0 Å². The van der Waals surface area contributed by atoms with Crippen molar-refractivity contribution in [2.24, 2.45) is 5.73 Å². The maximum atomic E-state index is 6.11. The highest BCUT2D eigenvalue weighted by Gasteiger charge is 2.22. The van der Waals surface area contributed by atoms with Crippen molar-refractivity contribution in [2.45, 2.75) is 41.9 Å². The minimum Gasteiger partial charge on any atom is -0.327 e. The van der Waals surface area contributed by atoms with Gasteiger partial charge in [0, 0.05) is 21.2 Å². The van der Waals surface area contributed by atoms with Gasteiger partial charge in [-0.25, -0.2) is 0 Å². The summed E-state index contributed by atoms with van der Waals surface area (Å²) in [5.41, 5.74) is 6.11. The molecule has 3 heteroatoms. The molecule has 1 nitrogen and oxygen atoms in total. The minimum absolute atomic E-state index is 0.350. The van der Waals surface area contributed by atoms with Crippen LogP contribution in [0, 0.1) is 0 Å². The van der Waals surface area contributed by atoms with Crippen LogP contribution in [0.15, 0.2) is 29.2 Å². The van der Waals surface area contributed by atoms with E-state index in [0.717, 1.165) is 11.4 Å². The van der Waals surface area contributed by atoms with Gasteiger partial charge in [0.2, 0.25) is 0 Å². The molecule has 0 aromatic heterocycles. The van der Waals surface area contributed by atoms with Gasteiger partial charge >= 0.3 is 0 Å². The standard InChI is InChI=1S/C12H16ClNS/c13-9-4-3-5-10(8-9)15-12-7-2-1-6-11(12)14/h3-5,8,11-12H,1-2,6-7,14H2. The molecule has 0 radical (unpaired) electrons. The zero-order valence-corrected chi connectivity index (χ0v) is 10.2. The lowest BCUT2D eigenvalue weighted by atomic mass is 9.96. The molecule has 1 aromatic carbocycles. The van der Waals surface area contributed by atoms with Gasteiger partial charge < -0.3 is 5.73 Å². The quantitative estimate of drug-likeness (QED) is 0.855. The first-order chi connectivity index (χ1) is 7.25. The van der Waals surface area contributed by atoms with Crippen molar-refractivity contribution in [1.29, 1.82) is 0 Å². The normalized spacial score (nSPS) is 26.5. The van der Waals surface area contributed by atoms with Gasteiger partial charge in [-0.05, 0) is 31.0 Å². The van der Waals surface area contributed by atoms with Gasteiger partial charge in [0.25, 0.3) is 0 Å². The third-order valence-electron chi connectivity index (χ3n) is 2.84. The summed E-state index contributed by atoms with van der Waals surface area (Å²) in [6.07, 6.45) is 5.00. The summed E-state index contributed by atoms with van der Waals surface area (Å²) < 4.78 is 0. The second-order valence-electron chi connectivity index (χ2n) is 4.06. The molecule has 1 aromatic rings. The molecular weight excluding hydrogens is 226 g/mol. The van der Waals surface area contributed by atoms with Crippen LogP contribution >= 0.6 is 23.4 Å². The molecule has 2 N–H and O–H groups in total. The SMILES string of the molecule is NC1CCCCC1Sc1cccc(Cl)c1. The van der Waals surface area contributed by atoms with E-state index in [9.17, 15) is 0 Å². The Balaban J connectivity index is 2.01. The van der Waals surface area contributed by atoms with E-state index in [-0.39, 0.29) is 0 Å². The molecule has 2 unspecified atom stereocenters. The molecule has 0 spiro atoms. The van der Waals surface area contributed by atoms with Crippen LogP contribution in [0.1, 0.15) is 25.7 Å². The van der Waals surface area contributed by atoms with Crippen molar-refractivity contribution in [3.8, 4) is 0 Å². The van der Waals surface area contributed by atoms with Crippen molar-refractivity contribution in [2.75, 3.05) is 0 Å². The summed E-state index contributed by atoms with van der Waals surface area (Å²) in [5, 5.41) is 1.38. The first-order valence-corrected chi connectivity index (χ1v) is 6.69. The molecule has 0 heterocycles. The fourth-order valence-corrected chi connectivity index (χ4v) is 3.54. The number of hydrogen-bond acceptors (Lipinski definition) is 2. The summed E-state index contributed by atoms with van der Waals surface area (Å²) in [6.45, 7) is 0. The molecule has 0 amide bonds. The maximum Gasteiger partial charge on any atom is 0.0417 e. The van der Waals surface area contributed by atoms with E-state index in [4.69, 9.17) is 17.3 Å². The van der Waals surface area contributed by atoms with E-state index >= 15 is 0 Å². The molecule has 1 aliphatic carbocycles. The summed E-state index contributed by atoms with van der Waals surface area (Å²) in [5.74, 6) is 0. The molecule has 0 aliphatic heterocycles. The Morgan fingerprint density at radius 1 is 1.27 bits per heavy atom. The monoisotopic (exact) mass is 241 g/mol. The van der Waals surface area contributed by atoms with E-state index in [2.05, 4.69) is 6.07 Å². The van der Waals surface area contributed by atoms with Gasteiger partial charge in [-0.1, -0.05) is 30.5 Å². The van der Waals surface area contributed by atoms with Crippen LogP contribution in [0.25, 0.3) is 0 Å². The van der Waals surface area contributed by atoms with Crippen LogP contribution in [-0.4, -0.2) is 11.3 Å². The second kappa shape index (κ2) is 5.24. The van der Waals surface area contributed by atoms with Gasteiger partial charge in [-0.3, -0.25) is 0 Å². The molecular formula is C12H16ClNS. The molecule has 1 fully saturated rings. The first-order valence-electron chi connectivity index (χ1n) is 5.43. The van der Waals surface area contributed by atoms with Crippen LogP contribution < -0.4 is 5.73 Å². The summed E-state index contributed by atoms with van der Waals surface area (Å²) in [7, 11) is 0. The average molecular weight is 242 g/mol. The maximum absolute atomic E-state index is 6.11. The van der Waals surface area contributed by atoms with Crippen molar-refractivity contribution in [1.82, 2.24) is 0 Å². The van der Waals surface area contributed by atoms with Crippen LogP contribution in [0.5, 0.6) is 0 Å². The third kappa shape index (κ3) is 3.13. The molecule has 1 aliphatic rings. The summed E-state index contributed by atoms with van der Waals surface area (Å²) in [4.78, 5) is 1.24. The third-order valence-corrected chi connectivity index (χ3v) is 4.49. The van der Waals surface area contributed by atoms with Gasteiger partial charge in [-0.2, -0.15) is 0 Å². The summed E-state index contributed by atoms with van der Waals surface area (Å²) >= 11 is 7.83. The lowest BCUT2D eigenvalue weighted by Crippen LogP contribution is -2.35. The number of nitrogens with two attached hydrogens (primary N) is 1. The molecule has 1 saturated carbocycles. The fraction of sp³-hybridized carbons (Fsp3) is 0.500. The zero-order valence-electron chi connectivity index (χ0n) is 8.66. The van der Waals surface area contributed by atoms with Crippen LogP contribution in [0.3, 0.4) is 0 Å². The van der Waals surface area contributed by atoms with Gasteiger partial charge in [0.1, 0.15) is 0 Å². The largest absolute Gasteiger partial charge is 0.327 e. The van der Waals surface area contributed by atoms with Crippen molar-refractivity contribution >= 4 is 23.4 Å². The molecule has 0 saturated heterocycles. The Morgan fingerprint density at radius 2 is 2.07 bits per heavy atom. The minimum atomic E-state index is 0.350. The number of benzene rings is 1. The zero-order chi connectivity index (χ0) is 10.7. The average Bonchev–Trinajstić information content (AvgIpc) is 2.22. The Morgan fingerprint density at radius 3 is 2.80 bits per heavy atom. The number of halogens is 1. The van der Waals surface area contributed by atoms with Crippen LogP contribution in [0.4, 0.5) is 0 Å². The van der Waals surface area contributed by atoms with E-state index in [0.29, 0.717) is 11.3 Å². The number of thioether (sulfide) groups is 1. The highest BCUT2D eigenvalue weighted by molar-refractivity contribution is 8.00. The molecule has 2 atom stereocenters. The van der Waals surface area contributed by atoms with Gasteiger partial charge in [0.05, 0.1) is 0 Å². The van der Waals surface area contributed by atoms with Crippen molar-refractivity contribution in [3.05, 3.63) is 29.3 Å². The Bertz CT molecular complexity index is 329. The predicted molar refractivity (Wildman–Crippen MR) is 67.5 cm³/mol. The van der Waals surface area contributed by atoms with Gasteiger partial charge in [-0.15, -0.1) is 11.8 Å². The Labute approximate surface area is 100 Å². The second-order valence-corrected chi connectivity index (χ2v) is 5.81. The topological polar surface area (TPSA) is 26.0 Å². The first kappa shape index (κ1) is 11.3. The van der Waals surface area contributed by atoms with Crippen molar-refractivity contribution < 1.29 is 0 Å². The predicted octanol–water partition coefficient (Wildman–Crippen LogP) is 3.70. The smallest absolute Gasteiger partial charge is 0.0417 e. The molecule has 82 valence electrons. The summed E-state index contributed by atoms with van der Waals surface area (Å²) in [6, 6.07) is 8.39. The highest BCUT2D eigenvalue weighted by atomic mass is 35.5. The highest BCUT2D eigenvalue weighted by Crippen LogP contribution is 2.33. The Hall–Kier alpha value is -0.180. The lowest BCUT2D eigenvalue weighted by molar-refractivity contribution is 0.453. The van der Waals surface area contributed by atoms with E-state index in [1.165, 1.54) is 24.2 Å². The Kier molecular flexibility index (Phi) is 3.95. The van der Waals surface area contributed by atoms with Gasteiger partial charge in [0.15, 0.2) is 0 Å². The van der Waals surface area contributed by atoms with Crippen molar-refractivity contribution in [3.63, 3.8) is 0 Å². The number of rotatable bonds is 2. The fourth-order valence-electron chi connectivity index (χ4n) is 1.99. The van der Waals surface area contributed by atoms with E-state index < -0.39 is 0 Å². The van der Waals surface area contributed by atoms with E-state index in [1.807, 2.05) is 30.0 Å². The molecule has 2 rings (SSSR count). The molecule has 15 heavy (non-hydrogen) atoms.